The highest BCUT2D eigenvalue weighted by atomic mass is 127. The van der Waals surface area contributed by atoms with Gasteiger partial charge < -0.3 is 18.4 Å². The van der Waals surface area contributed by atoms with Crippen molar-refractivity contribution >= 4 is 111 Å². The number of para-hydroxylation sites is 2. The maximum Gasteiger partial charge on any atom is 0.494 e. The van der Waals surface area contributed by atoms with E-state index in [0.717, 1.165) is 19.9 Å². The zero-order chi connectivity index (χ0) is 75.9. The molecule has 4 nitrogen and oxygen atoms in total. The Balaban J connectivity index is 0.000000129. The van der Waals surface area contributed by atoms with Gasteiger partial charge in [-0.2, -0.15) is 0 Å². The molecule has 0 unspecified atom stereocenters. The second-order valence-corrected chi connectivity index (χ2v) is 33.3. The molecule has 8 heteroatoms. The first-order valence-corrected chi connectivity index (χ1v) is 41.0. The third-order valence-corrected chi connectivity index (χ3v) is 25.8. The summed E-state index contributed by atoms with van der Waals surface area (Å²) in [5, 5.41) is 4.93. The Kier molecular flexibility index (Phi) is 18.3. The van der Waals surface area contributed by atoms with Crippen LogP contribution in [0.25, 0.3) is 111 Å². The van der Waals surface area contributed by atoms with E-state index in [9.17, 15) is 0 Å². The summed E-state index contributed by atoms with van der Waals surface area (Å²) in [6.07, 6.45) is 0. The Labute approximate surface area is 685 Å². The average Bonchev–Trinajstić information content (AvgIpc) is 1.53. The number of hydrogen-bond acceptors (Lipinski definition) is 2. The smallest absolute Gasteiger partial charge is 0.399 e. The van der Waals surface area contributed by atoms with Crippen LogP contribution in [0.5, 0.6) is 0 Å². The van der Waals surface area contributed by atoms with Gasteiger partial charge in [0, 0.05) is 45.2 Å². The first-order chi connectivity index (χ1) is 54.8. The van der Waals surface area contributed by atoms with E-state index in [4.69, 9.17) is 9.31 Å². The minimum absolute atomic E-state index is 0.420. The molecule has 0 N–H and O–H groups in total. The predicted molar refractivity (Wildman–Crippen MR) is 483 cm³/mol. The van der Waals surface area contributed by atoms with Crippen LogP contribution in [0.4, 0.5) is 0 Å². The highest BCUT2D eigenvalue weighted by Crippen LogP contribution is 2.61. The molecule has 0 radical (unpaired) electrons. The second kappa shape index (κ2) is 28.8. The summed E-state index contributed by atoms with van der Waals surface area (Å²) < 4.78 is 21.6. The molecule has 1 saturated heterocycles. The van der Waals surface area contributed by atoms with Crippen molar-refractivity contribution in [1.29, 1.82) is 0 Å². The van der Waals surface area contributed by atoms with E-state index in [-0.39, 0.29) is 0 Å². The van der Waals surface area contributed by atoms with Crippen molar-refractivity contribution in [3.8, 4) is 67.0 Å². The van der Waals surface area contributed by atoms with Gasteiger partial charge in [-0.05, 0) is 205 Å². The van der Waals surface area contributed by atoms with Crippen molar-refractivity contribution in [2.75, 3.05) is 0 Å². The lowest BCUT2D eigenvalue weighted by atomic mass is 9.67. The summed E-state index contributed by atoms with van der Waals surface area (Å²) in [5.74, 6) is 0. The van der Waals surface area contributed by atoms with Crippen LogP contribution >= 0.6 is 54.5 Å². The largest absolute Gasteiger partial charge is 0.494 e. The molecule has 0 spiro atoms. The van der Waals surface area contributed by atoms with Gasteiger partial charge in [-0.25, -0.2) is 0 Å². The molecular weight excluding hydrogens is 1610 g/mol. The van der Waals surface area contributed by atoms with Crippen LogP contribution < -0.4 is 5.46 Å². The second-order valence-electron chi connectivity index (χ2n) is 30.3. The maximum atomic E-state index is 6.55. The molecule has 16 aromatic carbocycles. The van der Waals surface area contributed by atoms with E-state index in [1.54, 1.807) is 0 Å². The molecule has 0 bridgehead atoms. The summed E-state index contributed by atoms with van der Waals surface area (Å²) in [4.78, 5) is 0. The van der Waals surface area contributed by atoms with E-state index in [0.29, 0.717) is 0 Å². The number of benzene rings is 16. The molecule has 3 heterocycles. The Bertz CT molecular complexity index is 6520. The molecule has 538 valence electrons. The molecular formula is C104H76BBr2IN2O2. The standard InChI is InChI=1S/C49H32BrN.C43H36BNO2.C12H8BrI/c50-44-23-11-8-18-38(44)34-28-26-33(27-29-34)35-30-31-41-40-20-9-12-24-45(40)51(47(41)32-35)46-25-13-21-42-39-19-7-10-22-43(39)49(48(42)46,36-14-3-1-4-15-36)37-16-5-2-6-17-37;1-41(2)42(3,4)47-44(46-41)31-26-27-34-33-21-12-14-24-37(33)45(39(34)28-31)38-25-15-22-35-32-20-11-13-23-36(32)43(40(35)38,29-16-7-5-8-17-29)30-18-9-6-10-19-30;13-12-4-2-1-3-11(12)9-5-7-10(14)8-6-9/h1-32H;5-28H,1-4H3;1-8H. The van der Waals surface area contributed by atoms with Crippen LogP contribution in [0.3, 0.4) is 0 Å². The number of halogens is 3. The highest BCUT2D eigenvalue weighted by Gasteiger charge is 2.53. The third-order valence-electron chi connectivity index (χ3n) is 23.7. The lowest BCUT2D eigenvalue weighted by Gasteiger charge is -2.35. The zero-order valence-electron chi connectivity index (χ0n) is 62.4. The van der Waals surface area contributed by atoms with Crippen molar-refractivity contribution in [2.24, 2.45) is 0 Å². The van der Waals surface area contributed by atoms with Crippen LogP contribution in [0.2, 0.25) is 0 Å². The number of hydrogen-bond donors (Lipinski definition) is 0. The van der Waals surface area contributed by atoms with Gasteiger partial charge in [-0.3, -0.25) is 0 Å². The Morgan fingerprint density at radius 2 is 0.607 bits per heavy atom. The molecule has 2 aromatic heterocycles. The molecule has 112 heavy (non-hydrogen) atoms. The van der Waals surface area contributed by atoms with Crippen molar-refractivity contribution in [1.82, 2.24) is 9.13 Å². The summed E-state index contributed by atoms with van der Waals surface area (Å²) in [7, 11) is -0.450. The molecule has 1 aliphatic heterocycles. The lowest BCUT2D eigenvalue weighted by Crippen LogP contribution is -2.41. The zero-order valence-corrected chi connectivity index (χ0v) is 67.7. The fourth-order valence-electron chi connectivity index (χ4n) is 18.0. The van der Waals surface area contributed by atoms with Crippen LogP contribution in [0.1, 0.15) is 72.2 Å². The molecule has 1 fully saturated rings. The Hall–Kier alpha value is -11.2. The maximum absolute atomic E-state index is 6.55. The minimum Gasteiger partial charge on any atom is -0.399 e. The molecule has 3 aliphatic rings. The van der Waals surface area contributed by atoms with Gasteiger partial charge in [-0.15, -0.1) is 0 Å². The van der Waals surface area contributed by atoms with Gasteiger partial charge in [0.1, 0.15) is 0 Å². The van der Waals surface area contributed by atoms with E-state index in [1.165, 1.54) is 153 Å². The van der Waals surface area contributed by atoms with Gasteiger partial charge in [-0.1, -0.05) is 359 Å². The number of aromatic nitrogens is 2. The third kappa shape index (κ3) is 11.7. The topological polar surface area (TPSA) is 28.3 Å². The van der Waals surface area contributed by atoms with Crippen LogP contribution in [0.15, 0.2) is 397 Å². The normalized spacial score (nSPS) is 14.4. The van der Waals surface area contributed by atoms with Gasteiger partial charge >= 0.3 is 7.12 Å². The van der Waals surface area contributed by atoms with Crippen molar-refractivity contribution < 1.29 is 9.31 Å². The van der Waals surface area contributed by atoms with Crippen molar-refractivity contribution in [2.45, 2.75) is 49.7 Å². The van der Waals surface area contributed by atoms with E-state index < -0.39 is 29.2 Å². The first kappa shape index (κ1) is 71.1. The fraction of sp³-hybridized carbons (Fsp3) is 0.0769. The lowest BCUT2D eigenvalue weighted by molar-refractivity contribution is 0.00578. The molecule has 18 aromatic rings. The van der Waals surface area contributed by atoms with Crippen LogP contribution in [0, 0.1) is 3.57 Å². The van der Waals surface area contributed by atoms with E-state index >= 15 is 0 Å². The predicted octanol–water partition coefficient (Wildman–Crippen LogP) is 27.4. The summed E-state index contributed by atoms with van der Waals surface area (Å²) in [6, 6.07) is 141. The Morgan fingerprint density at radius 1 is 0.277 bits per heavy atom. The highest BCUT2D eigenvalue weighted by molar-refractivity contribution is 14.1. The van der Waals surface area contributed by atoms with E-state index in [2.05, 4.69) is 473 Å². The molecule has 0 atom stereocenters. The van der Waals surface area contributed by atoms with Gasteiger partial charge in [0.25, 0.3) is 0 Å². The van der Waals surface area contributed by atoms with Gasteiger partial charge in [0.15, 0.2) is 0 Å². The monoisotopic (exact) mass is 1680 g/mol. The first-order valence-electron chi connectivity index (χ1n) is 38.3. The van der Waals surface area contributed by atoms with Crippen LogP contribution in [-0.2, 0) is 20.1 Å². The number of nitrogens with zero attached hydrogens (tertiary/aromatic N) is 2. The molecule has 0 saturated carbocycles. The van der Waals surface area contributed by atoms with E-state index in [1.807, 2.05) is 6.07 Å². The summed E-state index contributed by atoms with van der Waals surface area (Å²) in [6.45, 7) is 8.45. The molecule has 0 amide bonds. The molecule has 2 aliphatic carbocycles. The minimum atomic E-state index is -0.522. The van der Waals surface area contributed by atoms with Gasteiger partial charge in [0.2, 0.25) is 0 Å². The van der Waals surface area contributed by atoms with Crippen molar-refractivity contribution in [3.63, 3.8) is 0 Å². The fourth-order valence-corrected chi connectivity index (χ4v) is 19.4. The quantitative estimate of drug-likeness (QED) is 0.101. The van der Waals surface area contributed by atoms with Gasteiger partial charge in [0.05, 0.1) is 55.5 Å². The summed E-state index contributed by atoms with van der Waals surface area (Å²) in [5.41, 5.74) is 28.9. The van der Waals surface area contributed by atoms with Crippen LogP contribution in [-0.4, -0.2) is 27.5 Å². The SMILES string of the molecule is Brc1ccccc1-c1ccc(-c2ccc3c4ccccc4n(-c4cccc5c4C(c4ccccc4)(c4ccccc4)c4ccccc4-5)c3c2)cc1.Brc1ccccc1-c1ccc(I)cc1.CC1(C)OB(c2ccc3c4ccccc4n(-c4cccc5c4C(c4ccccc4)(c4ccccc4)c4ccccc4-5)c3c2)OC1(C)C. The Morgan fingerprint density at radius 3 is 1.04 bits per heavy atom. The number of rotatable bonds is 10. The summed E-state index contributed by atoms with van der Waals surface area (Å²) >= 11 is 9.60. The van der Waals surface area contributed by atoms with Crippen molar-refractivity contribution in [3.05, 3.63) is 445 Å². The number of fused-ring (bicyclic) bond motifs is 12. The average molecular weight is 1680 g/mol. The molecule has 21 rings (SSSR count).